The third-order valence-corrected chi connectivity index (χ3v) is 5.85. The molecule has 2 aliphatic heterocycles. The van der Waals surface area contributed by atoms with Gasteiger partial charge in [0.05, 0.1) is 23.6 Å². The zero-order valence-electron chi connectivity index (χ0n) is 13.6. The molecule has 2 atom stereocenters. The molecule has 1 aromatic heterocycles. The van der Waals surface area contributed by atoms with Crippen LogP contribution in [0.2, 0.25) is 0 Å². The maximum atomic E-state index is 12.5. The van der Waals surface area contributed by atoms with E-state index in [1.165, 1.54) is 16.7 Å². The van der Waals surface area contributed by atoms with Gasteiger partial charge >= 0.3 is 0 Å². The summed E-state index contributed by atoms with van der Waals surface area (Å²) < 4.78 is 0. The molecule has 0 aromatic carbocycles. The van der Waals surface area contributed by atoms with Crippen molar-refractivity contribution >= 4 is 29.5 Å². The average Bonchev–Trinajstić information content (AvgIpc) is 2.85. The van der Waals surface area contributed by atoms with Crippen LogP contribution in [0.15, 0.2) is 35.8 Å². The standard InChI is InChI=1S/C17H18N4O3S/c22-14(10-25-17-18-6-3-7-19-17)20-8-11(9-20)21-15(23)12-4-1-2-5-13(12)16(21)24/h1-3,6-7,11-13H,4-5,8-10H2. The number of allylic oxidation sites excluding steroid dienone is 2. The first-order valence-corrected chi connectivity index (χ1v) is 9.33. The minimum atomic E-state index is -0.201. The van der Waals surface area contributed by atoms with Crippen LogP contribution in [0, 0.1) is 11.8 Å². The summed E-state index contributed by atoms with van der Waals surface area (Å²) in [5, 5.41) is 0.564. The third kappa shape index (κ3) is 2.95. The molecular formula is C17H18N4O3S. The maximum absolute atomic E-state index is 12.5. The molecule has 0 radical (unpaired) electrons. The summed E-state index contributed by atoms with van der Waals surface area (Å²) in [6, 6.07) is 1.55. The molecule has 2 saturated heterocycles. The van der Waals surface area contributed by atoms with Crippen molar-refractivity contribution in [2.24, 2.45) is 11.8 Å². The van der Waals surface area contributed by atoms with Crippen LogP contribution in [0.1, 0.15) is 12.8 Å². The van der Waals surface area contributed by atoms with Gasteiger partial charge in [-0.25, -0.2) is 9.97 Å². The van der Waals surface area contributed by atoms with Crippen LogP contribution in [0.25, 0.3) is 0 Å². The highest BCUT2D eigenvalue weighted by molar-refractivity contribution is 7.99. The van der Waals surface area contributed by atoms with E-state index in [0.717, 1.165) is 0 Å². The van der Waals surface area contributed by atoms with Gasteiger partial charge in [0.15, 0.2) is 5.16 Å². The molecule has 4 rings (SSSR count). The predicted molar refractivity (Wildman–Crippen MR) is 90.3 cm³/mol. The van der Waals surface area contributed by atoms with E-state index in [0.29, 0.717) is 31.1 Å². The molecule has 0 N–H and O–H groups in total. The molecule has 130 valence electrons. The lowest BCUT2D eigenvalue weighted by Crippen LogP contribution is -2.62. The monoisotopic (exact) mass is 358 g/mol. The van der Waals surface area contributed by atoms with Crippen molar-refractivity contribution in [2.45, 2.75) is 24.0 Å². The summed E-state index contributed by atoms with van der Waals surface area (Å²) in [6.45, 7) is 0.860. The van der Waals surface area contributed by atoms with E-state index in [-0.39, 0.29) is 41.4 Å². The Morgan fingerprint density at radius 1 is 1.08 bits per heavy atom. The summed E-state index contributed by atoms with van der Waals surface area (Å²) in [4.78, 5) is 48.5. The van der Waals surface area contributed by atoms with E-state index < -0.39 is 0 Å². The smallest absolute Gasteiger partial charge is 0.233 e. The number of aromatic nitrogens is 2. The van der Waals surface area contributed by atoms with E-state index >= 15 is 0 Å². The van der Waals surface area contributed by atoms with Crippen LogP contribution >= 0.6 is 11.8 Å². The topological polar surface area (TPSA) is 83.5 Å². The van der Waals surface area contributed by atoms with Gasteiger partial charge in [0.1, 0.15) is 0 Å². The second kappa shape index (κ2) is 6.59. The molecule has 3 heterocycles. The largest absolute Gasteiger partial charge is 0.338 e. The molecule has 8 heteroatoms. The SMILES string of the molecule is O=C(CSc1ncccn1)N1CC(N2C(=O)C3CC=CCC3C2=O)C1. The maximum Gasteiger partial charge on any atom is 0.233 e. The Morgan fingerprint density at radius 3 is 2.28 bits per heavy atom. The van der Waals surface area contributed by atoms with E-state index in [2.05, 4.69) is 9.97 Å². The first kappa shape index (κ1) is 16.3. The molecule has 2 unspecified atom stereocenters. The van der Waals surface area contributed by atoms with Gasteiger partial charge in [0.25, 0.3) is 0 Å². The van der Waals surface area contributed by atoms with Gasteiger partial charge in [-0.2, -0.15) is 0 Å². The lowest BCUT2D eigenvalue weighted by atomic mass is 9.85. The highest BCUT2D eigenvalue weighted by Gasteiger charge is 2.52. The van der Waals surface area contributed by atoms with Crippen LogP contribution in [0.5, 0.6) is 0 Å². The molecule has 1 aromatic rings. The van der Waals surface area contributed by atoms with E-state index in [1.807, 2.05) is 12.2 Å². The minimum absolute atomic E-state index is 0.0214. The summed E-state index contributed by atoms with van der Waals surface area (Å²) in [5.41, 5.74) is 0. The Hall–Kier alpha value is -2.22. The van der Waals surface area contributed by atoms with E-state index in [9.17, 15) is 14.4 Å². The number of rotatable bonds is 4. The van der Waals surface area contributed by atoms with Crippen molar-refractivity contribution in [3.8, 4) is 0 Å². The minimum Gasteiger partial charge on any atom is -0.338 e. The number of amides is 3. The van der Waals surface area contributed by atoms with Crippen LogP contribution in [-0.4, -0.2) is 62.4 Å². The number of imide groups is 1. The fraction of sp³-hybridized carbons (Fsp3) is 0.471. The molecule has 7 nitrogen and oxygen atoms in total. The van der Waals surface area contributed by atoms with Gasteiger partial charge in [-0.15, -0.1) is 0 Å². The number of carbonyl (C=O) groups excluding carboxylic acids is 3. The number of likely N-dealkylation sites (tertiary alicyclic amines) is 2. The van der Waals surface area contributed by atoms with Crippen molar-refractivity contribution < 1.29 is 14.4 Å². The van der Waals surface area contributed by atoms with Gasteiger partial charge < -0.3 is 4.90 Å². The van der Waals surface area contributed by atoms with E-state index in [4.69, 9.17) is 0 Å². The molecule has 0 bridgehead atoms. The Labute approximate surface area is 149 Å². The second-order valence-electron chi connectivity index (χ2n) is 6.47. The fourth-order valence-corrected chi connectivity index (χ4v) is 4.29. The predicted octanol–water partition coefficient (Wildman–Crippen LogP) is 0.731. The molecule has 3 amide bonds. The molecule has 0 saturated carbocycles. The first-order chi connectivity index (χ1) is 12.1. The van der Waals surface area contributed by atoms with Crippen molar-refractivity contribution in [3.05, 3.63) is 30.6 Å². The molecule has 25 heavy (non-hydrogen) atoms. The summed E-state index contributed by atoms with van der Waals surface area (Å²) >= 11 is 1.29. The van der Waals surface area contributed by atoms with Gasteiger partial charge in [-0.3, -0.25) is 19.3 Å². The van der Waals surface area contributed by atoms with Gasteiger partial charge in [0.2, 0.25) is 17.7 Å². The Bertz CT molecular complexity index is 707. The van der Waals surface area contributed by atoms with Crippen molar-refractivity contribution in [1.82, 2.24) is 19.8 Å². The number of hydrogen-bond acceptors (Lipinski definition) is 6. The van der Waals surface area contributed by atoms with Crippen LogP contribution in [0.3, 0.4) is 0 Å². The fourth-order valence-electron chi connectivity index (χ4n) is 3.59. The number of carbonyl (C=O) groups is 3. The summed E-state index contributed by atoms with van der Waals surface area (Å²) in [5.74, 6) is -0.298. The van der Waals surface area contributed by atoms with Gasteiger partial charge in [-0.05, 0) is 18.9 Å². The first-order valence-electron chi connectivity index (χ1n) is 8.34. The number of nitrogens with zero attached hydrogens (tertiary/aromatic N) is 4. The second-order valence-corrected chi connectivity index (χ2v) is 7.42. The van der Waals surface area contributed by atoms with Crippen molar-refractivity contribution in [1.29, 1.82) is 0 Å². The lowest BCUT2D eigenvalue weighted by molar-refractivity contribution is -0.151. The Balaban J connectivity index is 1.31. The highest BCUT2D eigenvalue weighted by Crippen LogP contribution is 2.37. The molecule has 0 spiro atoms. The Morgan fingerprint density at radius 2 is 1.68 bits per heavy atom. The zero-order chi connectivity index (χ0) is 17.4. The van der Waals surface area contributed by atoms with Gasteiger partial charge in [0, 0.05) is 25.5 Å². The lowest BCUT2D eigenvalue weighted by Gasteiger charge is -2.43. The van der Waals surface area contributed by atoms with Crippen LogP contribution in [-0.2, 0) is 14.4 Å². The van der Waals surface area contributed by atoms with E-state index in [1.54, 1.807) is 23.4 Å². The number of fused-ring (bicyclic) bond motifs is 1. The third-order valence-electron chi connectivity index (χ3n) is 4.99. The summed E-state index contributed by atoms with van der Waals surface area (Å²) in [6.07, 6.45) is 8.53. The zero-order valence-corrected chi connectivity index (χ0v) is 14.4. The Kier molecular flexibility index (Phi) is 4.29. The number of hydrogen-bond donors (Lipinski definition) is 0. The molecule has 2 fully saturated rings. The van der Waals surface area contributed by atoms with Gasteiger partial charge in [-0.1, -0.05) is 23.9 Å². The summed E-state index contributed by atoms with van der Waals surface area (Å²) in [7, 11) is 0. The molecular weight excluding hydrogens is 340 g/mol. The quantitative estimate of drug-likeness (QED) is 0.341. The highest BCUT2D eigenvalue weighted by atomic mass is 32.2. The molecule has 1 aliphatic carbocycles. The van der Waals surface area contributed by atoms with Crippen molar-refractivity contribution in [3.63, 3.8) is 0 Å². The number of thioether (sulfide) groups is 1. The van der Waals surface area contributed by atoms with Crippen molar-refractivity contribution in [2.75, 3.05) is 18.8 Å². The molecule has 3 aliphatic rings. The normalized spacial score (nSPS) is 25.9. The van der Waals surface area contributed by atoms with Crippen LogP contribution < -0.4 is 0 Å². The van der Waals surface area contributed by atoms with Crippen LogP contribution in [0.4, 0.5) is 0 Å². The average molecular weight is 358 g/mol.